The van der Waals surface area contributed by atoms with Crippen molar-refractivity contribution in [3.63, 3.8) is 0 Å². The fourth-order valence-electron chi connectivity index (χ4n) is 2.43. The Labute approximate surface area is 138 Å². The minimum absolute atomic E-state index is 0.107. The number of carbonyl (C=O) groups excluding carboxylic acids is 2. The van der Waals surface area contributed by atoms with Gasteiger partial charge in [-0.25, -0.2) is 9.18 Å². The molecule has 1 aromatic carbocycles. The van der Waals surface area contributed by atoms with Gasteiger partial charge in [-0.2, -0.15) is 0 Å². The number of halogens is 1. The van der Waals surface area contributed by atoms with Crippen LogP contribution in [0.1, 0.15) is 37.0 Å². The maximum absolute atomic E-state index is 14.0. The number of hydrogen-bond donors (Lipinski definition) is 3. The van der Waals surface area contributed by atoms with Gasteiger partial charge in [-0.1, -0.05) is 0 Å². The molecular weight excluding hydrogens is 317 g/mol. The molecule has 1 saturated heterocycles. The highest BCUT2D eigenvalue weighted by Crippen LogP contribution is 2.21. The van der Waals surface area contributed by atoms with Crippen molar-refractivity contribution in [3.8, 4) is 0 Å². The Balaban J connectivity index is 2.16. The van der Waals surface area contributed by atoms with Crippen molar-refractivity contribution in [1.29, 1.82) is 0 Å². The fraction of sp³-hybridized carbons (Fsp3) is 0.438. The van der Waals surface area contributed by atoms with Crippen molar-refractivity contribution in [3.05, 3.63) is 29.6 Å². The predicted molar refractivity (Wildman–Crippen MR) is 85.6 cm³/mol. The molecule has 1 aliphatic heterocycles. The molecule has 3 amide bonds. The summed E-state index contributed by atoms with van der Waals surface area (Å²) < 4.78 is 14.0. The average molecular weight is 337 g/mol. The van der Waals surface area contributed by atoms with Crippen LogP contribution in [0, 0.1) is 5.82 Å². The summed E-state index contributed by atoms with van der Waals surface area (Å²) in [6, 6.07) is 3.60. The third-order valence-corrected chi connectivity index (χ3v) is 3.78. The highest BCUT2D eigenvalue weighted by atomic mass is 19.1. The molecule has 0 atom stereocenters. The molecule has 0 bridgehead atoms. The van der Waals surface area contributed by atoms with E-state index in [1.54, 1.807) is 13.8 Å². The minimum atomic E-state index is -0.967. The van der Waals surface area contributed by atoms with E-state index < -0.39 is 23.2 Å². The van der Waals surface area contributed by atoms with Crippen molar-refractivity contribution in [2.75, 3.05) is 18.0 Å². The van der Waals surface area contributed by atoms with Crippen molar-refractivity contribution in [2.24, 2.45) is 0 Å². The van der Waals surface area contributed by atoms with Gasteiger partial charge < -0.3 is 15.7 Å². The number of carboxylic acids is 1. The molecule has 1 heterocycles. The number of aliphatic carboxylic acids is 1. The molecule has 1 fully saturated rings. The van der Waals surface area contributed by atoms with Crippen LogP contribution in [-0.4, -0.2) is 41.6 Å². The van der Waals surface area contributed by atoms with E-state index in [0.717, 1.165) is 6.07 Å². The second-order valence-corrected chi connectivity index (χ2v) is 6.28. The molecule has 0 aromatic heterocycles. The second kappa shape index (κ2) is 6.86. The Kier molecular flexibility index (Phi) is 5.06. The van der Waals surface area contributed by atoms with Gasteiger partial charge >= 0.3 is 12.0 Å². The number of nitrogens with zero attached hydrogens (tertiary/aromatic N) is 1. The zero-order chi connectivity index (χ0) is 17.9. The number of carbonyl (C=O) groups is 3. The van der Waals surface area contributed by atoms with Crippen LogP contribution in [0.4, 0.5) is 14.9 Å². The highest BCUT2D eigenvalue weighted by Gasteiger charge is 2.26. The van der Waals surface area contributed by atoms with Gasteiger partial charge in [0.15, 0.2) is 0 Å². The molecule has 1 aliphatic rings. The topological polar surface area (TPSA) is 98.7 Å². The van der Waals surface area contributed by atoms with Gasteiger partial charge in [0.1, 0.15) is 5.82 Å². The maximum Gasteiger partial charge on any atom is 0.321 e. The summed E-state index contributed by atoms with van der Waals surface area (Å²) in [6.45, 7) is 4.27. The molecule has 2 rings (SSSR count). The van der Waals surface area contributed by atoms with E-state index in [-0.39, 0.29) is 24.4 Å². The third-order valence-electron chi connectivity index (χ3n) is 3.78. The summed E-state index contributed by atoms with van der Waals surface area (Å²) in [6.07, 6.45) is 0.105. The van der Waals surface area contributed by atoms with E-state index in [9.17, 15) is 18.8 Å². The van der Waals surface area contributed by atoms with Gasteiger partial charge in [-0.05, 0) is 38.5 Å². The lowest BCUT2D eigenvalue weighted by Crippen LogP contribution is -2.44. The van der Waals surface area contributed by atoms with Gasteiger partial charge in [0, 0.05) is 30.7 Å². The van der Waals surface area contributed by atoms with Gasteiger partial charge in [-0.15, -0.1) is 0 Å². The van der Waals surface area contributed by atoms with Crippen LogP contribution in [0.2, 0.25) is 0 Å². The molecule has 7 nitrogen and oxygen atoms in total. The first-order valence-electron chi connectivity index (χ1n) is 7.59. The predicted octanol–water partition coefficient (Wildman–Crippen LogP) is 1.73. The molecule has 0 radical (unpaired) electrons. The number of hydrogen-bond acceptors (Lipinski definition) is 3. The van der Waals surface area contributed by atoms with Crippen LogP contribution in [0.3, 0.4) is 0 Å². The van der Waals surface area contributed by atoms with Crippen molar-refractivity contribution < 1.29 is 23.9 Å². The number of amides is 3. The monoisotopic (exact) mass is 337 g/mol. The van der Waals surface area contributed by atoms with Crippen LogP contribution < -0.4 is 15.5 Å². The highest BCUT2D eigenvalue weighted by molar-refractivity contribution is 5.99. The minimum Gasteiger partial charge on any atom is -0.481 e. The lowest BCUT2D eigenvalue weighted by molar-refractivity contribution is -0.137. The molecule has 1 aromatic rings. The van der Waals surface area contributed by atoms with Gasteiger partial charge in [0.05, 0.1) is 5.56 Å². The summed E-state index contributed by atoms with van der Waals surface area (Å²) in [5.41, 5.74) is -0.557. The van der Waals surface area contributed by atoms with Gasteiger partial charge in [0.25, 0.3) is 5.91 Å². The van der Waals surface area contributed by atoms with E-state index in [4.69, 9.17) is 5.11 Å². The third kappa shape index (κ3) is 4.21. The summed E-state index contributed by atoms with van der Waals surface area (Å²) in [4.78, 5) is 36.1. The van der Waals surface area contributed by atoms with Crippen LogP contribution in [0.25, 0.3) is 0 Å². The molecular formula is C16H20FN3O4. The number of nitrogens with one attached hydrogen (secondary N) is 2. The first-order chi connectivity index (χ1) is 11.2. The van der Waals surface area contributed by atoms with Gasteiger partial charge in [-0.3, -0.25) is 14.5 Å². The molecule has 0 spiro atoms. The van der Waals surface area contributed by atoms with E-state index in [1.807, 2.05) is 0 Å². The first kappa shape index (κ1) is 17.7. The Morgan fingerprint density at radius 2 is 2.12 bits per heavy atom. The quantitative estimate of drug-likeness (QED) is 0.736. The molecule has 3 N–H and O–H groups in total. The van der Waals surface area contributed by atoms with Crippen LogP contribution >= 0.6 is 0 Å². The standard InChI is InChI=1S/C16H20FN3O4/c1-16(2,6-5-13(21)22)19-14(23)11-9-10(3-4-12(11)17)20-8-7-18-15(20)24/h3-4,9H,5-8H2,1-2H3,(H,18,24)(H,19,23)(H,21,22). The van der Waals surface area contributed by atoms with Crippen LogP contribution in [0.5, 0.6) is 0 Å². The smallest absolute Gasteiger partial charge is 0.321 e. The summed E-state index contributed by atoms with van der Waals surface area (Å²) in [5, 5.41) is 14.0. The summed E-state index contributed by atoms with van der Waals surface area (Å²) in [7, 11) is 0. The van der Waals surface area contributed by atoms with Crippen molar-refractivity contribution >= 4 is 23.6 Å². The average Bonchev–Trinajstić information content (AvgIpc) is 2.91. The molecule has 0 aliphatic carbocycles. The number of urea groups is 1. The fourth-order valence-corrected chi connectivity index (χ4v) is 2.43. The van der Waals surface area contributed by atoms with E-state index in [0.29, 0.717) is 18.8 Å². The number of anilines is 1. The second-order valence-electron chi connectivity index (χ2n) is 6.28. The normalized spacial score (nSPS) is 14.5. The SMILES string of the molecule is CC(C)(CCC(=O)O)NC(=O)c1cc(N2CCNC2=O)ccc1F. The molecule has 8 heteroatoms. The van der Waals surface area contributed by atoms with Crippen LogP contribution in [0.15, 0.2) is 18.2 Å². The number of rotatable bonds is 6. The summed E-state index contributed by atoms with van der Waals surface area (Å²) >= 11 is 0. The number of benzene rings is 1. The lowest BCUT2D eigenvalue weighted by Gasteiger charge is -2.26. The zero-order valence-electron chi connectivity index (χ0n) is 13.6. The van der Waals surface area contributed by atoms with Gasteiger partial charge in [0.2, 0.25) is 0 Å². The number of carboxylic acid groups (broad SMARTS) is 1. The molecule has 0 saturated carbocycles. The van der Waals surface area contributed by atoms with E-state index >= 15 is 0 Å². The van der Waals surface area contributed by atoms with Crippen LogP contribution in [-0.2, 0) is 4.79 Å². The lowest BCUT2D eigenvalue weighted by atomic mass is 9.97. The van der Waals surface area contributed by atoms with E-state index in [1.165, 1.54) is 17.0 Å². The van der Waals surface area contributed by atoms with Crippen molar-refractivity contribution in [2.45, 2.75) is 32.2 Å². The van der Waals surface area contributed by atoms with E-state index in [2.05, 4.69) is 10.6 Å². The first-order valence-corrected chi connectivity index (χ1v) is 7.59. The largest absolute Gasteiger partial charge is 0.481 e. The van der Waals surface area contributed by atoms with Crippen molar-refractivity contribution in [1.82, 2.24) is 10.6 Å². The molecule has 0 unspecified atom stereocenters. The molecule has 24 heavy (non-hydrogen) atoms. The Morgan fingerprint density at radius 3 is 2.71 bits per heavy atom. The maximum atomic E-state index is 14.0. The molecule has 130 valence electrons. The Bertz CT molecular complexity index is 675. The zero-order valence-corrected chi connectivity index (χ0v) is 13.6. The Morgan fingerprint density at radius 1 is 1.42 bits per heavy atom. The summed E-state index contributed by atoms with van der Waals surface area (Å²) in [5.74, 6) is -2.32. The Hall–Kier alpha value is -2.64.